The maximum Gasteiger partial charge on any atom is 0.125 e. The van der Waals surface area contributed by atoms with Gasteiger partial charge in [-0.3, -0.25) is 4.98 Å². The summed E-state index contributed by atoms with van der Waals surface area (Å²) < 4.78 is 0. The van der Waals surface area contributed by atoms with E-state index in [-0.39, 0.29) is 0 Å². The van der Waals surface area contributed by atoms with Gasteiger partial charge in [-0.05, 0) is 32.5 Å². The molecule has 2 aromatic heterocycles. The Morgan fingerprint density at radius 3 is 2.76 bits per heavy atom. The number of aryl methyl sites for hydroxylation is 1. The first-order chi connectivity index (χ1) is 8.20. The SMILES string of the molecule is CCNC(C)c1cnc(-c2ccc(C)nc2)s1. The molecule has 0 fully saturated rings. The molecule has 1 N–H and O–H groups in total. The van der Waals surface area contributed by atoms with Crippen LogP contribution in [-0.2, 0) is 0 Å². The second kappa shape index (κ2) is 5.38. The number of pyridine rings is 1. The molecule has 0 aliphatic carbocycles. The first kappa shape index (κ1) is 12.2. The molecular weight excluding hydrogens is 230 g/mol. The van der Waals surface area contributed by atoms with E-state index in [1.807, 2.05) is 25.4 Å². The molecule has 90 valence electrons. The van der Waals surface area contributed by atoms with Crippen LogP contribution in [0.4, 0.5) is 0 Å². The van der Waals surface area contributed by atoms with E-state index < -0.39 is 0 Å². The maximum absolute atomic E-state index is 4.46. The van der Waals surface area contributed by atoms with Crippen molar-refractivity contribution in [3.05, 3.63) is 35.1 Å². The Balaban J connectivity index is 2.20. The highest BCUT2D eigenvalue weighted by Gasteiger charge is 2.09. The third-order valence-corrected chi connectivity index (χ3v) is 3.85. The number of hydrogen-bond donors (Lipinski definition) is 1. The second-order valence-corrected chi connectivity index (χ2v) is 5.10. The van der Waals surface area contributed by atoms with Crippen LogP contribution in [0.3, 0.4) is 0 Å². The summed E-state index contributed by atoms with van der Waals surface area (Å²) in [6.45, 7) is 7.24. The average Bonchev–Trinajstić information content (AvgIpc) is 2.80. The molecule has 0 aromatic carbocycles. The van der Waals surface area contributed by atoms with Gasteiger partial charge in [0.25, 0.3) is 0 Å². The Kier molecular flexibility index (Phi) is 3.86. The number of rotatable bonds is 4. The fraction of sp³-hybridized carbons (Fsp3) is 0.385. The summed E-state index contributed by atoms with van der Waals surface area (Å²) in [4.78, 5) is 10.0. The van der Waals surface area contributed by atoms with Crippen molar-refractivity contribution < 1.29 is 0 Å². The zero-order valence-electron chi connectivity index (χ0n) is 10.4. The lowest BCUT2D eigenvalue weighted by molar-refractivity contribution is 0.606. The highest BCUT2D eigenvalue weighted by atomic mass is 32.1. The monoisotopic (exact) mass is 247 g/mol. The van der Waals surface area contributed by atoms with E-state index in [4.69, 9.17) is 0 Å². The fourth-order valence-corrected chi connectivity index (χ4v) is 2.55. The van der Waals surface area contributed by atoms with Gasteiger partial charge in [0.05, 0.1) is 0 Å². The predicted molar refractivity (Wildman–Crippen MR) is 72.2 cm³/mol. The summed E-state index contributed by atoms with van der Waals surface area (Å²) in [5, 5.41) is 4.43. The normalized spacial score (nSPS) is 12.6. The summed E-state index contributed by atoms with van der Waals surface area (Å²) >= 11 is 1.73. The minimum absolute atomic E-state index is 0.365. The Morgan fingerprint density at radius 2 is 2.12 bits per heavy atom. The minimum atomic E-state index is 0.365. The largest absolute Gasteiger partial charge is 0.310 e. The number of thiazole rings is 1. The van der Waals surface area contributed by atoms with Crippen molar-refractivity contribution >= 4 is 11.3 Å². The van der Waals surface area contributed by atoms with Crippen molar-refractivity contribution in [3.8, 4) is 10.6 Å². The maximum atomic E-state index is 4.46. The van der Waals surface area contributed by atoms with Gasteiger partial charge in [0.2, 0.25) is 0 Å². The Hall–Kier alpha value is -1.26. The fourth-order valence-electron chi connectivity index (χ4n) is 1.62. The molecule has 2 heterocycles. The first-order valence-electron chi connectivity index (χ1n) is 5.83. The quantitative estimate of drug-likeness (QED) is 0.901. The molecule has 0 radical (unpaired) electrons. The number of hydrogen-bond acceptors (Lipinski definition) is 4. The van der Waals surface area contributed by atoms with Crippen molar-refractivity contribution in [1.29, 1.82) is 0 Å². The minimum Gasteiger partial charge on any atom is -0.310 e. The molecule has 0 aliphatic heterocycles. The number of nitrogens with zero attached hydrogens (tertiary/aromatic N) is 2. The van der Waals surface area contributed by atoms with Gasteiger partial charge < -0.3 is 5.32 Å². The standard InChI is InChI=1S/C13H17N3S/c1-4-14-10(3)12-8-16-13(17-12)11-6-5-9(2)15-7-11/h5-8,10,14H,4H2,1-3H3. The van der Waals surface area contributed by atoms with Gasteiger partial charge >= 0.3 is 0 Å². The van der Waals surface area contributed by atoms with Crippen LogP contribution < -0.4 is 5.32 Å². The average molecular weight is 247 g/mol. The van der Waals surface area contributed by atoms with Crippen LogP contribution in [0.25, 0.3) is 10.6 Å². The highest BCUT2D eigenvalue weighted by Crippen LogP contribution is 2.28. The van der Waals surface area contributed by atoms with Crippen molar-refractivity contribution in [3.63, 3.8) is 0 Å². The third-order valence-electron chi connectivity index (χ3n) is 2.62. The molecule has 3 nitrogen and oxygen atoms in total. The van der Waals surface area contributed by atoms with Gasteiger partial charge in [0.15, 0.2) is 0 Å². The Labute approximate surface area is 106 Å². The summed E-state index contributed by atoms with van der Waals surface area (Å²) in [5.41, 5.74) is 2.13. The topological polar surface area (TPSA) is 37.8 Å². The molecule has 0 saturated heterocycles. The lowest BCUT2D eigenvalue weighted by Gasteiger charge is -2.08. The lowest BCUT2D eigenvalue weighted by atomic mass is 10.3. The molecule has 0 aliphatic rings. The van der Waals surface area contributed by atoms with Crippen LogP contribution in [0, 0.1) is 6.92 Å². The summed E-state index contributed by atoms with van der Waals surface area (Å²) in [5.74, 6) is 0. The smallest absolute Gasteiger partial charge is 0.125 e. The van der Waals surface area contributed by atoms with Crippen LogP contribution in [0.2, 0.25) is 0 Å². The Bertz CT molecular complexity index is 476. The van der Waals surface area contributed by atoms with Gasteiger partial charge in [0, 0.05) is 34.6 Å². The molecule has 4 heteroatoms. The van der Waals surface area contributed by atoms with E-state index in [1.54, 1.807) is 11.3 Å². The van der Waals surface area contributed by atoms with E-state index in [0.29, 0.717) is 6.04 Å². The molecule has 2 aromatic rings. The van der Waals surface area contributed by atoms with Gasteiger partial charge in [-0.25, -0.2) is 4.98 Å². The van der Waals surface area contributed by atoms with E-state index in [0.717, 1.165) is 22.8 Å². The van der Waals surface area contributed by atoms with E-state index in [9.17, 15) is 0 Å². The summed E-state index contributed by atoms with van der Waals surface area (Å²) in [6, 6.07) is 4.46. The third kappa shape index (κ3) is 2.90. The number of aromatic nitrogens is 2. The number of nitrogens with one attached hydrogen (secondary N) is 1. The zero-order valence-corrected chi connectivity index (χ0v) is 11.2. The second-order valence-electron chi connectivity index (χ2n) is 4.04. The van der Waals surface area contributed by atoms with Gasteiger partial charge in [-0.1, -0.05) is 6.92 Å². The first-order valence-corrected chi connectivity index (χ1v) is 6.64. The molecule has 0 saturated carbocycles. The molecule has 2 rings (SSSR count). The van der Waals surface area contributed by atoms with Crippen LogP contribution in [0.15, 0.2) is 24.5 Å². The van der Waals surface area contributed by atoms with Gasteiger partial charge in [-0.2, -0.15) is 0 Å². The van der Waals surface area contributed by atoms with Crippen molar-refractivity contribution in [2.45, 2.75) is 26.8 Å². The molecule has 17 heavy (non-hydrogen) atoms. The zero-order chi connectivity index (χ0) is 12.3. The molecule has 1 atom stereocenters. The highest BCUT2D eigenvalue weighted by molar-refractivity contribution is 7.15. The Morgan fingerprint density at radius 1 is 1.29 bits per heavy atom. The van der Waals surface area contributed by atoms with Crippen LogP contribution in [0.5, 0.6) is 0 Å². The molecule has 0 spiro atoms. The van der Waals surface area contributed by atoms with Gasteiger partial charge in [0.1, 0.15) is 5.01 Å². The molecular formula is C13H17N3S. The summed E-state index contributed by atoms with van der Waals surface area (Å²) in [6.07, 6.45) is 3.84. The van der Waals surface area contributed by atoms with Crippen LogP contribution in [-0.4, -0.2) is 16.5 Å². The van der Waals surface area contributed by atoms with E-state index >= 15 is 0 Å². The van der Waals surface area contributed by atoms with Crippen molar-refractivity contribution in [2.24, 2.45) is 0 Å². The van der Waals surface area contributed by atoms with E-state index in [2.05, 4.69) is 35.2 Å². The predicted octanol–water partition coefficient (Wildman–Crippen LogP) is 3.18. The van der Waals surface area contributed by atoms with Crippen molar-refractivity contribution in [1.82, 2.24) is 15.3 Å². The molecule has 0 bridgehead atoms. The summed E-state index contributed by atoms with van der Waals surface area (Å²) in [7, 11) is 0. The molecule has 0 amide bonds. The van der Waals surface area contributed by atoms with Crippen molar-refractivity contribution in [2.75, 3.05) is 6.54 Å². The van der Waals surface area contributed by atoms with E-state index in [1.165, 1.54) is 4.88 Å². The lowest BCUT2D eigenvalue weighted by Crippen LogP contribution is -2.16. The molecule has 1 unspecified atom stereocenters. The van der Waals surface area contributed by atoms with Crippen LogP contribution in [0.1, 0.15) is 30.5 Å². The van der Waals surface area contributed by atoms with Gasteiger partial charge in [-0.15, -0.1) is 11.3 Å². The van der Waals surface area contributed by atoms with Crippen LogP contribution >= 0.6 is 11.3 Å².